The van der Waals surface area contributed by atoms with Crippen molar-refractivity contribution in [2.75, 3.05) is 12.8 Å². The predicted octanol–water partition coefficient (Wildman–Crippen LogP) is 2.37. The Morgan fingerprint density at radius 2 is 2.23 bits per heavy atom. The minimum absolute atomic E-state index is 0.00433. The first-order valence-electron chi connectivity index (χ1n) is 3.34. The summed E-state index contributed by atoms with van der Waals surface area (Å²) in [6.45, 7) is 0. The number of methoxy groups -OCH3 is 1. The number of ether oxygens (including phenoxy) is 1. The first kappa shape index (κ1) is 10.2. The molecule has 1 rings (SSSR count). The third-order valence-corrected chi connectivity index (χ3v) is 1.86. The zero-order valence-corrected chi connectivity index (χ0v) is 8.31. The summed E-state index contributed by atoms with van der Waals surface area (Å²) < 4.78 is 29.7. The largest absolute Gasteiger partial charge is 0.479 e. The van der Waals surface area contributed by atoms with Gasteiger partial charge in [0.15, 0.2) is 0 Å². The Bertz CT molecular complexity index is 320. The number of hydrogen-bond donors (Lipinski definition) is 1. The van der Waals surface area contributed by atoms with E-state index in [0.717, 1.165) is 0 Å². The Morgan fingerprint density at radius 1 is 1.62 bits per heavy atom. The summed E-state index contributed by atoms with van der Waals surface area (Å²) in [7, 11) is 1.32. The van der Waals surface area contributed by atoms with Crippen molar-refractivity contribution in [2.45, 2.75) is 6.43 Å². The molecule has 0 amide bonds. The highest BCUT2D eigenvalue weighted by molar-refractivity contribution is 9.10. The Morgan fingerprint density at radius 3 is 2.69 bits per heavy atom. The summed E-state index contributed by atoms with van der Waals surface area (Å²) in [5, 5.41) is 0. The summed E-state index contributed by atoms with van der Waals surface area (Å²) in [4.78, 5) is 3.77. The summed E-state index contributed by atoms with van der Waals surface area (Å²) in [6, 6.07) is 1.17. The zero-order valence-electron chi connectivity index (χ0n) is 6.72. The molecule has 0 fully saturated rings. The van der Waals surface area contributed by atoms with Crippen LogP contribution in [0, 0.1) is 0 Å². The molecule has 2 N–H and O–H groups in total. The van der Waals surface area contributed by atoms with Crippen molar-refractivity contribution in [3.05, 3.63) is 16.2 Å². The maximum absolute atomic E-state index is 12.3. The first-order valence-corrected chi connectivity index (χ1v) is 4.13. The van der Waals surface area contributed by atoms with Crippen molar-refractivity contribution >= 4 is 21.6 Å². The lowest BCUT2D eigenvalue weighted by atomic mass is 10.2. The molecule has 0 bridgehead atoms. The number of halogens is 3. The second kappa shape index (κ2) is 3.87. The maximum Gasteiger partial charge on any atom is 0.266 e. The molecule has 3 nitrogen and oxygen atoms in total. The van der Waals surface area contributed by atoms with Crippen LogP contribution >= 0.6 is 15.9 Å². The van der Waals surface area contributed by atoms with Gasteiger partial charge in [-0.1, -0.05) is 0 Å². The van der Waals surface area contributed by atoms with E-state index in [9.17, 15) is 8.78 Å². The second-order valence-electron chi connectivity index (χ2n) is 2.26. The van der Waals surface area contributed by atoms with Crippen molar-refractivity contribution in [3.63, 3.8) is 0 Å². The lowest BCUT2D eigenvalue weighted by Crippen LogP contribution is -2.01. The lowest BCUT2D eigenvalue weighted by molar-refractivity contribution is 0.151. The van der Waals surface area contributed by atoms with Gasteiger partial charge in [-0.15, -0.1) is 0 Å². The number of nitrogens with zero attached hydrogens (tertiary/aromatic N) is 1. The standard InChI is InChI=1S/C7H7BrF2N2O/c1-13-7-5(11)3(6(9)10)2-4(8)12-7/h2,6H,11H2,1H3. The van der Waals surface area contributed by atoms with Crippen molar-refractivity contribution in [1.29, 1.82) is 0 Å². The van der Waals surface area contributed by atoms with Gasteiger partial charge in [-0.05, 0) is 22.0 Å². The molecule has 0 aromatic carbocycles. The van der Waals surface area contributed by atoms with Crippen LogP contribution < -0.4 is 10.5 Å². The van der Waals surface area contributed by atoms with Gasteiger partial charge in [0, 0.05) is 5.56 Å². The molecule has 0 saturated carbocycles. The highest BCUT2D eigenvalue weighted by atomic mass is 79.9. The van der Waals surface area contributed by atoms with Gasteiger partial charge in [0.05, 0.1) is 7.11 Å². The average Bonchev–Trinajstić information content (AvgIpc) is 2.08. The molecule has 72 valence electrons. The molecule has 6 heteroatoms. The molecule has 0 aliphatic carbocycles. The van der Waals surface area contributed by atoms with Crippen molar-refractivity contribution < 1.29 is 13.5 Å². The number of nitrogens with two attached hydrogens (primary N) is 1. The number of pyridine rings is 1. The molecular formula is C7H7BrF2N2O. The Labute approximate surface area is 82.0 Å². The number of alkyl halides is 2. The molecule has 0 spiro atoms. The van der Waals surface area contributed by atoms with Crippen LogP contribution in [0.5, 0.6) is 5.88 Å². The summed E-state index contributed by atoms with van der Waals surface area (Å²) >= 11 is 2.98. The zero-order chi connectivity index (χ0) is 10.0. The molecule has 0 unspecified atom stereocenters. The monoisotopic (exact) mass is 252 g/mol. The Kier molecular flexibility index (Phi) is 3.02. The van der Waals surface area contributed by atoms with E-state index >= 15 is 0 Å². The van der Waals surface area contributed by atoms with E-state index in [1.165, 1.54) is 13.2 Å². The molecule has 1 aromatic rings. The summed E-state index contributed by atoms with van der Waals surface area (Å²) in [6.07, 6.45) is -2.63. The molecule has 0 saturated heterocycles. The SMILES string of the molecule is COc1nc(Br)cc(C(F)F)c1N. The molecule has 1 heterocycles. The number of nitrogen functional groups attached to an aromatic ring is 1. The van der Waals surface area contributed by atoms with Crippen molar-refractivity contribution in [2.24, 2.45) is 0 Å². The number of anilines is 1. The second-order valence-corrected chi connectivity index (χ2v) is 3.07. The first-order chi connectivity index (χ1) is 6.06. The quantitative estimate of drug-likeness (QED) is 0.823. The normalized spacial score (nSPS) is 10.5. The third-order valence-electron chi connectivity index (χ3n) is 1.45. The van der Waals surface area contributed by atoms with Crippen LogP contribution in [0.15, 0.2) is 10.7 Å². The van der Waals surface area contributed by atoms with Crippen molar-refractivity contribution in [3.8, 4) is 5.88 Å². The summed E-state index contributed by atoms with van der Waals surface area (Å²) in [5.74, 6) is 0.00433. The van der Waals surface area contributed by atoms with Gasteiger partial charge < -0.3 is 10.5 Å². The fourth-order valence-corrected chi connectivity index (χ4v) is 1.26. The van der Waals surface area contributed by atoms with E-state index in [1.54, 1.807) is 0 Å². The minimum Gasteiger partial charge on any atom is -0.479 e. The van der Waals surface area contributed by atoms with Gasteiger partial charge in [-0.25, -0.2) is 13.8 Å². The third kappa shape index (κ3) is 2.06. The fraction of sp³-hybridized carbons (Fsp3) is 0.286. The van der Waals surface area contributed by atoms with Crippen LogP contribution in [-0.4, -0.2) is 12.1 Å². The minimum atomic E-state index is -2.63. The molecule has 1 aromatic heterocycles. The van der Waals surface area contributed by atoms with E-state index in [1.807, 2.05) is 0 Å². The van der Waals surface area contributed by atoms with Gasteiger partial charge in [-0.3, -0.25) is 0 Å². The molecule has 13 heavy (non-hydrogen) atoms. The highest BCUT2D eigenvalue weighted by Crippen LogP contribution is 2.32. The fourth-order valence-electron chi connectivity index (χ4n) is 0.855. The smallest absolute Gasteiger partial charge is 0.266 e. The average molecular weight is 253 g/mol. The molecule has 0 aliphatic rings. The van der Waals surface area contributed by atoms with Gasteiger partial charge in [0.2, 0.25) is 5.88 Å². The van der Waals surface area contributed by atoms with Gasteiger partial charge in [0.1, 0.15) is 10.3 Å². The Hall–Kier alpha value is -0.910. The number of aromatic nitrogens is 1. The predicted molar refractivity (Wildman–Crippen MR) is 47.9 cm³/mol. The summed E-state index contributed by atoms with van der Waals surface area (Å²) in [5.41, 5.74) is 4.97. The maximum atomic E-state index is 12.3. The van der Waals surface area contributed by atoms with Crippen LogP contribution in [-0.2, 0) is 0 Å². The molecule has 0 radical (unpaired) electrons. The van der Waals surface area contributed by atoms with E-state index < -0.39 is 6.43 Å². The van der Waals surface area contributed by atoms with E-state index in [2.05, 4.69) is 20.9 Å². The van der Waals surface area contributed by atoms with Crippen LogP contribution in [0.4, 0.5) is 14.5 Å². The van der Waals surface area contributed by atoms with E-state index in [-0.39, 0.29) is 21.7 Å². The Balaban J connectivity index is 3.27. The van der Waals surface area contributed by atoms with Crippen molar-refractivity contribution in [1.82, 2.24) is 4.98 Å². The topological polar surface area (TPSA) is 48.1 Å². The van der Waals surface area contributed by atoms with E-state index in [0.29, 0.717) is 0 Å². The van der Waals surface area contributed by atoms with Crippen LogP contribution in [0.2, 0.25) is 0 Å². The van der Waals surface area contributed by atoms with Crippen LogP contribution in [0.25, 0.3) is 0 Å². The van der Waals surface area contributed by atoms with E-state index in [4.69, 9.17) is 10.5 Å². The van der Waals surface area contributed by atoms with Gasteiger partial charge >= 0.3 is 0 Å². The lowest BCUT2D eigenvalue weighted by Gasteiger charge is -2.08. The van der Waals surface area contributed by atoms with Gasteiger partial charge in [0.25, 0.3) is 6.43 Å². The molecule has 0 aliphatic heterocycles. The van der Waals surface area contributed by atoms with Gasteiger partial charge in [-0.2, -0.15) is 0 Å². The van der Waals surface area contributed by atoms with Crippen LogP contribution in [0.1, 0.15) is 12.0 Å². The number of hydrogen-bond acceptors (Lipinski definition) is 3. The molecular weight excluding hydrogens is 246 g/mol. The van der Waals surface area contributed by atoms with Crippen LogP contribution in [0.3, 0.4) is 0 Å². The number of rotatable bonds is 2. The molecule has 0 atom stereocenters. The highest BCUT2D eigenvalue weighted by Gasteiger charge is 2.16.